The number of hydrogen-bond donors (Lipinski definition) is 2. The van der Waals surface area contributed by atoms with E-state index in [0.29, 0.717) is 25.0 Å². The number of aryl methyl sites for hydroxylation is 1. The van der Waals surface area contributed by atoms with Gasteiger partial charge in [-0.15, -0.1) is 0 Å². The number of nitrogens with one attached hydrogen (secondary N) is 1. The molecule has 0 bridgehead atoms. The zero-order valence-corrected chi connectivity index (χ0v) is 14.2. The lowest BCUT2D eigenvalue weighted by Gasteiger charge is -2.44. The minimum Gasteiger partial charge on any atom is -0.385 e. The van der Waals surface area contributed by atoms with E-state index in [1.165, 1.54) is 0 Å². The van der Waals surface area contributed by atoms with E-state index < -0.39 is 21.0 Å². The molecule has 0 amide bonds. The lowest BCUT2D eigenvalue weighted by Crippen LogP contribution is -2.51. The fraction of sp³-hybridized carbons (Fsp3) is 0.471. The summed E-state index contributed by atoms with van der Waals surface area (Å²) in [7, 11) is -3.69. The van der Waals surface area contributed by atoms with E-state index >= 15 is 0 Å². The Balaban J connectivity index is 1.86. The summed E-state index contributed by atoms with van der Waals surface area (Å²) in [6.07, 6.45) is 6.63. The van der Waals surface area contributed by atoms with Crippen molar-refractivity contribution in [3.8, 4) is 0 Å². The molecule has 1 fully saturated rings. The molecule has 0 spiro atoms. The molecule has 0 heterocycles. The van der Waals surface area contributed by atoms with Crippen molar-refractivity contribution in [2.24, 2.45) is 10.5 Å². The van der Waals surface area contributed by atoms with E-state index in [2.05, 4.69) is 9.93 Å². The van der Waals surface area contributed by atoms with Crippen LogP contribution in [0.1, 0.15) is 38.2 Å². The number of allylic oxidation sites excluding steroid dienone is 1. The summed E-state index contributed by atoms with van der Waals surface area (Å²) in [6, 6.07) is 6.63. The second-order valence-corrected chi connectivity index (χ2v) is 8.34. The highest BCUT2D eigenvalue weighted by Crippen LogP contribution is 2.49. The third-order valence-corrected chi connectivity index (χ3v) is 6.34. The van der Waals surface area contributed by atoms with Gasteiger partial charge < -0.3 is 5.11 Å². The van der Waals surface area contributed by atoms with Crippen LogP contribution in [0.15, 0.2) is 46.4 Å². The summed E-state index contributed by atoms with van der Waals surface area (Å²) in [4.78, 5) is 2.53. The molecule has 0 radical (unpaired) electrons. The molecule has 2 aliphatic carbocycles. The Labute approximate surface area is 137 Å². The van der Waals surface area contributed by atoms with Crippen molar-refractivity contribution in [2.45, 2.75) is 50.0 Å². The number of benzene rings is 1. The van der Waals surface area contributed by atoms with Crippen LogP contribution in [0.4, 0.5) is 0 Å². The molecule has 1 saturated carbocycles. The summed E-state index contributed by atoms with van der Waals surface area (Å²) in [5.74, 6) is 0. The number of nitrogens with zero attached hydrogens (tertiary/aromatic N) is 1. The van der Waals surface area contributed by atoms with Crippen molar-refractivity contribution < 1.29 is 13.5 Å². The van der Waals surface area contributed by atoms with Crippen LogP contribution < -0.4 is 4.83 Å². The lowest BCUT2D eigenvalue weighted by atomic mass is 9.64. The first kappa shape index (κ1) is 16.2. The summed E-state index contributed by atoms with van der Waals surface area (Å²) in [5, 5.41) is 15.0. The average Bonchev–Trinajstić information content (AvgIpc) is 2.81. The second-order valence-electron chi connectivity index (χ2n) is 6.68. The van der Waals surface area contributed by atoms with Crippen LogP contribution in [0, 0.1) is 12.3 Å². The van der Waals surface area contributed by atoms with Crippen LogP contribution in [-0.2, 0) is 10.0 Å². The number of aliphatic hydroxyl groups is 1. The molecule has 0 saturated heterocycles. The molecule has 124 valence electrons. The molecule has 5 nitrogen and oxygen atoms in total. The molecule has 0 unspecified atom stereocenters. The van der Waals surface area contributed by atoms with Gasteiger partial charge in [-0.2, -0.15) is 13.5 Å². The molecule has 1 aromatic carbocycles. The van der Waals surface area contributed by atoms with Gasteiger partial charge in [0.25, 0.3) is 10.0 Å². The standard InChI is InChI=1S/C17H22N2O3S/c1-13-6-8-14(9-7-13)23(21,22)19-18-15-5-3-11-17(20)12-4-10-16(15,17)2/h4,6-9,12,19-20H,3,5,10-11H2,1-2H3/b18-15+/t16-,17+/m1/s1. The van der Waals surface area contributed by atoms with Gasteiger partial charge in [0.05, 0.1) is 10.5 Å². The van der Waals surface area contributed by atoms with Gasteiger partial charge in [0.2, 0.25) is 0 Å². The molecule has 23 heavy (non-hydrogen) atoms. The van der Waals surface area contributed by atoms with Gasteiger partial charge in [0, 0.05) is 11.1 Å². The van der Waals surface area contributed by atoms with Crippen molar-refractivity contribution in [1.29, 1.82) is 0 Å². The fourth-order valence-electron chi connectivity index (χ4n) is 3.44. The number of hydrazone groups is 1. The molecule has 2 atom stereocenters. The zero-order valence-electron chi connectivity index (χ0n) is 13.4. The first-order valence-corrected chi connectivity index (χ1v) is 9.31. The molecule has 6 heteroatoms. The quantitative estimate of drug-likeness (QED) is 0.658. The summed E-state index contributed by atoms with van der Waals surface area (Å²) in [5.41, 5.74) is 0.268. The van der Waals surface area contributed by atoms with Crippen LogP contribution in [0.2, 0.25) is 0 Å². The van der Waals surface area contributed by atoms with Crippen LogP contribution >= 0.6 is 0 Å². The summed E-state index contributed by atoms with van der Waals surface area (Å²) in [6.45, 7) is 3.85. The first-order valence-electron chi connectivity index (χ1n) is 7.82. The highest BCUT2D eigenvalue weighted by molar-refractivity contribution is 7.89. The Hall–Kier alpha value is -1.66. The normalized spacial score (nSPS) is 32.0. The maximum Gasteiger partial charge on any atom is 0.276 e. The number of rotatable bonds is 3. The smallest absolute Gasteiger partial charge is 0.276 e. The monoisotopic (exact) mass is 334 g/mol. The number of fused-ring (bicyclic) bond motifs is 1. The van der Waals surface area contributed by atoms with Crippen molar-refractivity contribution >= 4 is 15.7 Å². The topological polar surface area (TPSA) is 78.8 Å². The van der Waals surface area contributed by atoms with Gasteiger partial charge in [-0.05, 0) is 44.7 Å². The maximum atomic E-state index is 12.4. The molecule has 0 aromatic heterocycles. The van der Waals surface area contributed by atoms with E-state index in [4.69, 9.17) is 0 Å². The predicted molar refractivity (Wildman–Crippen MR) is 89.6 cm³/mol. The Morgan fingerprint density at radius 1 is 1.26 bits per heavy atom. The van der Waals surface area contributed by atoms with E-state index in [9.17, 15) is 13.5 Å². The molecular formula is C17H22N2O3S. The van der Waals surface area contributed by atoms with E-state index in [0.717, 1.165) is 12.0 Å². The third-order valence-electron chi connectivity index (χ3n) is 5.12. The largest absolute Gasteiger partial charge is 0.385 e. The van der Waals surface area contributed by atoms with Crippen molar-refractivity contribution in [2.75, 3.05) is 0 Å². The Kier molecular flexibility index (Phi) is 3.84. The first-order chi connectivity index (χ1) is 10.8. The van der Waals surface area contributed by atoms with E-state index in [1.54, 1.807) is 24.3 Å². The van der Waals surface area contributed by atoms with E-state index in [-0.39, 0.29) is 4.90 Å². The Bertz CT molecular complexity index is 768. The fourth-order valence-corrected chi connectivity index (χ4v) is 4.27. The van der Waals surface area contributed by atoms with Gasteiger partial charge in [-0.1, -0.05) is 36.8 Å². The van der Waals surface area contributed by atoms with Crippen LogP contribution in [0.3, 0.4) is 0 Å². The minimum atomic E-state index is -3.69. The van der Waals surface area contributed by atoms with E-state index in [1.807, 2.05) is 26.0 Å². The van der Waals surface area contributed by atoms with Gasteiger partial charge in [0.15, 0.2) is 0 Å². The summed E-state index contributed by atoms with van der Waals surface area (Å²) >= 11 is 0. The van der Waals surface area contributed by atoms with Crippen molar-refractivity contribution in [1.82, 2.24) is 4.83 Å². The zero-order chi connectivity index (χ0) is 16.7. The van der Waals surface area contributed by atoms with Gasteiger partial charge in [-0.3, -0.25) is 0 Å². The molecular weight excluding hydrogens is 312 g/mol. The predicted octanol–water partition coefficient (Wildman–Crippen LogP) is 2.51. The second kappa shape index (κ2) is 5.46. The maximum absolute atomic E-state index is 12.4. The molecule has 0 aliphatic heterocycles. The molecule has 2 N–H and O–H groups in total. The van der Waals surface area contributed by atoms with Gasteiger partial charge in [0.1, 0.15) is 0 Å². The van der Waals surface area contributed by atoms with Crippen LogP contribution in [0.25, 0.3) is 0 Å². The van der Waals surface area contributed by atoms with Gasteiger partial charge in [-0.25, -0.2) is 4.83 Å². The average molecular weight is 334 g/mol. The molecule has 3 rings (SSSR count). The third kappa shape index (κ3) is 2.70. The Morgan fingerprint density at radius 3 is 2.65 bits per heavy atom. The highest BCUT2D eigenvalue weighted by atomic mass is 32.2. The van der Waals surface area contributed by atoms with Crippen LogP contribution in [-0.4, -0.2) is 24.8 Å². The van der Waals surface area contributed by atoms with Crippen molar-refractivity contribution in [3.05, 3.63) is 42.0 Å². The van der Waals surface area contributed by atoms with Gasteiger partial charge >= 0.3 is 0 Å². The number of sulfonamides is 1. The molecule has 2 aliphatic rings. The highest BCUT2D eigenvalue weighted by Gasteiger charge is 2.52. The summed E-state index contributed by atoms with van der Waals surface area (Å²) < 4.78 is 24.7. The lowest BCUT2D eigenvalue weighted by molar-refractivity contribution is -0.00218. The Morgan fingerprint density at radius 2 is 1.96 bits per heavy atom. The SMILES string of the molecule is Cc1ccc(S(=O)(=O)N/N=C2\CCC[C@]3(O)C=CC[C@]23C)cc1. The molecule has 1 aromatic rings. The van der Waals surface area contributed by atoms with Crippen LogP contribution in [0.5, 0.6) is 0 Å². The van der Waals surface area contributed by atoms with Crippen molar-refractivity contribution in [3.63, 3.8) is 0 Å². The minimum absolute atomic E-state index is 0.188. The number of hydrogen-bond acceptors (Lipinski definition) is 4.